The SMILES string of the molecule is CCOc1ccccc1-c1nc(C2CC2)c(C(=O)O)o1. The summed E-state index contributed by atoms with van der Waals surface area (Å²) in [6, 6.07) is 7.34. The Morgan fingerprint density at radius 3 is 2.85 bits per heavy atom. The van der Waals surface area contributed by atoms with E-state index in [1.54, 1.807) is 0 Å². The molecule has 1 heterocycles. The van der Waals surface area contributed by atoms with Crippen LogP contribution in [0.25, 0.3) is 11.5 Å². The Bertz CT molecular complexity index is 643. The number of aromatic carboxylic acids is 1. The molecule has 0 aliphatic heterocycles. The first-order valence-corrected chi connectivity index (χ1v) is 6.67. The maximum absolute atomic E-state index is 11.2. The predicted octanol–water partition coefficient (Wildman–Crippen LogP) is 3.32. The Hall–Kier alpha value is -2.30. The molecular formula is C15H15NO4. The van der Waals surface area contributed by atoms with Crippen LogP contribution in [-0.2, 0) is 0 Å². The molecule has 20 heavy (non-hydrogen) atoms. The molecule has 3 rings (SSSR count). The van der Waals surface area contributed by atoms with Crippen molar-refractivity contribution in [1.82, 2.24) is 4.98 Å². The summed E-state index contributed by atoms with van der Waals surface area (Å²) in [5.41, 5.74) is 1.24. The first kappa shape index (κ1) is 12.7. The van der Waals surface area contributed by atoms with Gasteiger partial charge in [0.05, 0.1) is 17.9 Å². The molecule has 1 aromatic carbocycles. The van der Waals surface area contributed by atoms with Gasteiger partial charge in [0.25, 0.3) is 0 Å². The van der Waals surface area contributed by atoms with E-state index in [1.807, 2.05) is 31.2 Å². The van der Waals surface area contributed by atoms with Crippen LogP contribution < -0.4 is 4.74 Å². The zero-order chi connectivity index (χ0) is 14.1. The maximum atomic E-state index is 11.2. The molecular weight excluding hydrogens is 258 g/mol. The highest BCUT2D eigenvalue weighted by atomic mass is 16.5. The van der Waals surface area contributed by atoms with E-state index in [2.05, 4.69) is 4.98 Å². The van der Waals surface area contributed by atoms with Crippen molar-refractivity contribution in [3.63, 3.8) is 0 Å². The zero-order valence-electron chi connectivity index (χ0n) is 11.1. The van der Waals surface area contributed by atoms with Gasteiger partial charge in [-0.05, 0) is 31.9 Å². The van der Waals surface area contributed by atoms with Crippen LogP contribution in [0.15, 0.2) is 28.7 Å². The predicted molar refractivity (Wildman–Crippen MR) is 72.0 cm³/mol. The van der Waals surface area contributed by atoms with Gasteiger partial charge < -0.3 is 14.3 Å². The van der Waals surface area contributed by atoms with Crippen molar-refractivity contribution in [2.24, 2.45) is 0 Å². The number of nitrogens with zero attached hydrogens (tertiary/aromatic N) is 1. The summed E-state index contributed by atoms with van der Waals surface area (Å²) in [4.78, 5) is 15.6. The lowest BCUT2D eigenvalue weighted by Crippen LogP contribution is -1.98. The fourth-order valence-electron chi connectivity index (χ4n) is 2.16. The van der Waals surface area contributed by atoms with Crippen LogP contribution >= 0.6 is 0 Å². The minimum Gasteiger partial charge on any atom is -0.493 e. The fraction of sp³-hybridized carbons (Fsp3) is 0.333. The van der Waals surface area contributed by atoms with Gasteiger partial charge in [0.1, 0.15) is 5.75 Å². The van der Waals surface area contributed by atoms with Crippen molar-refractivity contribution in [3.8, 4) is 17.2 Å². The number of oxazole rings is 1. The van der Waals surface area contributed by atoms with E-state index in [1.165, 1.54) is 0 Å². The number of rotatable bonds is 5. The normalized spacial score (nSPS) is 14.2. The van der Waals surface area contributed by atoms with E-state index in [4.69, 9.17) is 9.15 Å². The molecule has 5 nitrogen and oxygen atoms in total. The van der Waals surface area contributed by atoms with Gasteiger partial charge in [0.2, 0.25) is 11.7 Å². The Labute approximate surface area is 116 Å². The van der Waals surface area contributed by atoms with Crippen LogP contribution in [0.1, 0.15) is 41.9 Å². The third kappa shape index (κ3) is 2.27. The van der Waals surface area contributed by atoms with Crippen molar-refractivity contribution in [2.75, 3.05) is 6.61 Å². The lowest BCUT2D eigenvalue weighted by Gasteiger charge is -2.06. The van der Waals surface area contributed by atoms with E-state index in [0.717, 1.165) is 12.8 Å². The molecule has 1 aliphatic carbocycles. The molecule has 1 fully saturated rings. The number of aromatic nitrogens is 1. The van der Waals surface area contributed by atoms with Crippen molar-refractivity contribution in [3.05, 3.63) is 35.7 Å². The highest BCUT2D eigenvalue weighted by Crippen LogP contribution is 2.43. The van der Waals surface area contributed by atoms with Gasteiger partial charge >= 0.3 is 5.97 Å². The van der Waals surface area contributed by atoms with Gasteiger partial charge in [-0.25, -0.2) is 9.78 Å². The molecule has 1 aromatic heterocycles. The van der Waals surface area contributed by atoms with Crippen molar-refractivity contribution >= 4 is 5.97 Å². The number of para-hydroxylation sites is 1. The summed E-state index contributed by atoms with van der Waals surface area (Å²) in [6.45, 7) is 2.42. The quantitative estimate of drug-likeness (QED) is 0.904. The van der Waals surface area contributed by atoms with E-state index >= 15 is 0 Å². The average Bonchev–Trinajstić information content (AvgIpc) is 3.18. The lowest BCUT2D eigenvalue weighted by atomic mass is 10.2. The van der Waals surface area contributed by atoms with Crippen LogP contribution in [0.4, 0.5) is 0 Å². The summed E-state index contributed by atoms with van der Waals surface area (Å²) < 4.78 is 11.0. The second-order valence-corrected chi connectivity index (χ2v) is 4.74. The number of carbonyl (C=O) groups is 1. The number of carboxylic acids is 1. The molecule has 1 N–H and O–H groups in total. The standard InChI is InChI=1S/C15H15NO4/c1-2-19-11-6-4-3-5-10(11)14-16-12(9-7-8-9)13(20-14)15(17)18/h3-6,9H,2,7-8H2,1H3,(H,17,18). The molecule has 104 valence electrons. The van der Waals surface area contributed by atoms with E-state index < -0.39 is 5.97 Å². The Morgan fingerprint density at radius 2 is 2.20 bits per heavy atom. The smallest absolute Gasteiger partial charge is 0.373 e. The Kier molecular flexibility index (Phi) is 3.18. The fourth-order valence-corrected chi connectivity index (χ4v) is 2.16. The van der Waals surface area contributed by atoms with E-state index in [0.29, 0.717) is 29.5 Å². The molecule has 0 spiro atoms. The molecule has 5 heteroatoms. The zero-order valence-corrected chi connectivity index (χ0v) is 11.1. The number of hydrogen-bond acceptors (Lipinski definition) is 4. The second-order valence-electron chi connectivity index (χ2n) is 4.74. The van der Waals surface area contributed by atoms with Gasteiger partial charge in [-0.2, -0.15) is 0 Å². The van der Waals surface area contributed by atoms with Gasteiger partial charge in [-0.1, -0.05) is 12.1 Å². The topological polar surface area (TPSA) is 72.6 Å². The largest absolute Gasteiger partial charge is 0.493 e. The van der Waals surface area contributed by atoms with Crippen molar-refractivity contribution in [1.29, 1.82) is 0 Å². The third-order valence-corrected chi connectivity index (χ3v) is 3.23. The number of carboxylic acid groups (broad SMARTS) is 1. The van der Waals surface area contributed by atoms with Crippen LogP contribution in [-0.4, -0.2) is 22.7 Å². The molecule has 0 atom stereocenters. The maximum Gasteiger partial charge on any atom is 0.373 e. The van der Waals surface area contributed by atoms with Crippen LogP contribution in [0.5, 0.6) is 5.75 Å². The summed E-state index contributed by atoms with van der Waals surface area (Å²) in [5, 5.41) is 9.21. The molecule has 1 aliphatic rings. The lowest BCUT2D eigenvalue weighted by molar-refractivity contribution is 0.0661. The number of hydrogen-bond donors (Lipinski definition) is 1. The second kappa shape index (κ2) is 5.00. The van der Waals surface area contributed by atoms with Gasteiger partial charge in [0.15, 0.2) is 0 Å². The van der Waals surface area contributed by atoms with E-state index in [9.17, 15) is 9.90 Å². The molecule has 0 unspecified atom stereocenters. The minimum atomic E-state index is -1.07. The number of ether oxygens (including phenoxy) is 1. The Morgan fingerprint density at radius 1 is 1.45 bits per heavy atom. The van der Waals surface area contributed by atoms with Gasteiger partial charge in [-0.3, -0.25) is 0 Å². The summed E-state index contributed by atoms with van der Waals surface area (Å²) >= 11 is 0. The number of benzene rings is 1. The van der Waals surface area contributed by atoms with E-state index in [-0.39, 0.29) is 11.7 Å². The third-order valence-electron chi connectivity index (χ3n) is 3.23. The highest BCUT2D eigenvalue weighted by Gasteiger charge is 2.34. The minimum absolute atomic E-state index is 0.0474. The molecule has 1 saturated carbocycles. The molecule has 2 aromatic rings. The van der Waals surface area contributed by atoms with Crippen LogP contribution in [0.2, 0.25) is 0 Å². The highest BCUT2D eigenvalue weighted by molar-refractivity contribution is 5.86. The first-order chi connectivity index (χ1) is 9.70. The van der Waals surface area contributed by atoms with Crippen molar-refractivity contribution in [2.45, 2.75) is 25.7 Å². The average molecular weight is 273 g/mol. The monoisotopic (exact) mass is 273 g/mol. The van der Waals surface area contributed by atoms with Gasteiger partial charge in [0, 0.05) is 5.92 Å². The summed E-state index contributed by atoms with van der Waals surface area (Å²) in [6.07, 6.45) is 1.94. The molecule has 0 radical (unpaired) electrons. The van der Waals surface area contributed by atoms with Crippen LogP contribution in [0.3, 0.4) is 0 Å². The molecule has 0 bridgehead atoms. The Balaban J connectivity index is 2.06. The first-order valence-electron chi connectivity index (χ1n) is 6.67. The summed E-state index contributed by atoms with van der Waals surface area (Å²) in [5.74, 6) is 0.0649. The van der Waals surface area contributed by atoms with Crippen LogP contribution in [0, 0.1) is 0 Å². The summed E-state index contributed by atoms with van der Waals surface area (Å²) in [7, 11) is 0. The van der Waals surface area contributed by atoms with Crippen molar-refractivity contribution < 1.29 is 19.1 Å². The van der Waals surface area contributed by atoms with Gasteiger partial charge in [-0.15, -0.1) is 0 Å². The molecule has 0 amide bonds. The molecule has 0 saturated heterocycles.